The third-order valence-corrected chi connectivity index (χ3v) is 13.2. The molecule has 1 saturated heterocycles. The molecular weight excluding hydrogens is 962 g/mol. The van der Waals surface area contributed by atoms with E-state index in [1.165, 1.54) is 14.7 Å². The number of hydrogen-bond donors (Lipinski definition) is 7. The van der Waals surface area contributed by atoms with Crippen LogP contribution in [0.25, 0.3) is 11.1 Å². The highest BCUT2D eigenvalue weighted by atomic mass is 31.2. The molecule has 70 heavy (non-hydrogen) atoms. The molecule has 2 amide bonds. The van der Waals surface area contributed by atoms with Crippen LogP contribution in [0.3, 0.4) is 0 Å². The SMILES string of the molecule is Cc1cc(C)c(-c2cc(C)c(OP(=O)(O)OCCC[C@H](C(=O)O)N3CCN(CC(=O)N(CC(=O)O)CC(=O)O)CCN(CP(C)(=O)O)CCN(CC(=O)N(CC(=O)O)CC(=O)O)CC3)cc2C)c(C)c1. The van der Waals surface area contributed by atoms with Crippen molar-refractivity contribution in [3.05, 3.63) is 52.1 Å². The largest absolute Gasteiger partial charge is 0.527 e. The van der Waals surface area contributed by atoms with E-state index >= 15 is 0 Å². The molecular formula is C44H66N6O18P2. The molecule has 2 aromatic rings. The van der Waals surface area contributed by atoms with Crippen LogP contribution in [0.5, 0.6) is 5.75 Å². The van der Waals surface area contributed by atoms with E-state index in [2.05, 4.69) is 12.1 Å². The fraction of sp³-hybridized carbons (Fsp3) is 0.568. The first kappa shape index (κ1) is 59.0. The minimum atomic E-state index is -4.77. The lowest BCUT2D eigenvalue weighted by molar-refractivity contribution is -0.150. The zero-order valence-electron chi connectivity index (χ0n) is 40.3. The second kappa shape index (κ2) is 26.8. The number of hydrogen-bond acceptors (Lipinski definition) is 15. The maximum absolute atomic E-state index is 13.4. The van der Waals surface area contributed by atoms with Gasteiger partial charge in [-0.05, 0) is 93.0 Å². The smallest absolute Gasteiger partial charge is 0.480 e. The van der Waals surface area contributed by atoms with Gasteiger partial charge in [0.2, 0.25) is 19.2 Å². The van der Waals surface area contributed by atoms with Gasteiger partial charge in [-0.25, -0.2) is 4.57 Å². The molecule has 2 unspecified atom stereocenters. The van der Waals surface area contributed by atoms with E-state index in [-0.39, 0.29) is 77.2 Å². The zero-order valence-corrected chi connectivity index (χ0v) is 42.1. The quantitative estimate of drug-likeness (QED) is 0.0581. The Morgan fingerprint density at radius 2 is 1.04 bits per heavy atom. The summed E-state index contributed by atoms with van der Waals surface area (Å²) in [6, 6.07) is 6.29. The van der Waals surface area contributed by atoms with E-state index in [0.29, 0.717) is 15.4 Å². The number of phosphoric ester groups is 1. The molecule has 0 radical (unpaired) electrons. The monoisotopic (exact) mass is 1030 g/mol. The van der Waals surface area contributed by atoms with E-state index in [1.54, 1.807) is 17.9 Å². The number of phosphoric acid groups is 1. The van der Waals surface area contributed by atoms with E-state index in [9.17, 15) is 78.0 Å². The summed E-state index contributed by atoms with van der Waals surface area (Å²) in [6.07, 6.45) is -0.632. The molecule has 0 saturated carbocycles. The highest BCUT2D eigenvalue weighted by Crippen LogP contribution is 2.46. The van der Waals surface area contributed by atoms with Gasteiger partial charge in [0.1, 0.15) is 38.0 Å². The number of carboxylic acid groups (broad SMARTS) is 5. The van der Waals surface area contributed by atoms with E-state index in [1.807, 2.05) is 33.8 Å². The average molecular weight is 1030 g/mol. The zero-order chi connectivity index (χ0) is 52.7. The Hall–Kier alpha value is -5.29. The lowest BCUT2D eigenvalue weighted by Crippen LogP contribution is -2.53. The van der Waals surface area contributed by atoms with Gasteiger partial charge in [0.25, 0.3) is 0 Å². The van der Waals surface area contributed by atoms with Crippen LogP contribution in [0, 0.1) is 34.6 Å². The number of amides is 2. The van der Waals surface area contributed by atoms with Crippen LogP contribution in [0.1, 0.15) is 40.7 Å². The third-order valence-electron chi connectivity index (χ3n) is 11.3. The number of aryl methyl sites for hydroxylation is 5. The van der Waals surface area contributed by atoms with Crippen LogP contribution in [0.15, 0.2) is 24.3 Å². The third kappa shape index (κ3) is 20.2. The van der Waals surface area contributed by atoms with Gasteiger partial charge in [0.15, 0.2) is 0 Å². The number of carbonyl (C=O) groups excluding carboxylic acids is 2. The lowest BCUT2D eigenvalue weighted by atomic mass is 9.90. The molecule has 0 bridgehead atoms. The van der Waals surface area contributed by atoms with E-state index < -0.39 is 109 Å². The maximum Gasteiger partial charge on any atom is 0.527 e. The maximum atomic E-state index is 13.4. The lowest BCUT2D eigenvalue weighted by Gasteiger charge is -2.36. The molecule has 3 atom stereocenters. The second-order valence-corrected chi connectivity index (χ2v) is 21.3. The highest BCUT2D eigenvalue weighted by Gasteiger charge is 2.32. The van der Waals surface area contributed by atoms with Crippen LogP contribution in [0.2, 0.25) is 0 Å². The van der Waals surface area contributed by atoms with Crippen LogP contribution in [-0.2, 0) is 47.2 Å². The van der Waals surface area contributed by atoms with Crippen LogP contribution < -0.4 is 4.52 Å². The van der Waals surface area contributed by atoms with Crippen LogP contribution in [-0.4, -0.2) is 224 Å². The number of rotatable bonds is 24. The summed E-state index contributed by atoms with van der Waals surface area (Å²) in [5.41, 5.74) is 6.53. The Labute approximate surface area is 406 Å². The summed E-state index contributed by atoms with van der Waals surface area (Å²) in [7, 11) is -8.51. The van der Waals surface area contributed by atoms with Gasteiger partial charge in [0, 0.05) is 59.0 Å². The summed E-state index contributed by atoms with van der Waals surface area (Å²) >= 11 is 0. The standard InChI is InChI=1S/C44H66N6O18P2/c1-29-18-32(4)43(33(5)19-29)34-20-31(3)36(21-30(34)2)68-70(65,66)67-17-7-8-35(44(61)62)48-15-13-45(22-37(51)49(24-39(53)54)25-40(55)56)9-11-47(28-69(6,63)64)12-10-46(14-16-48)23-38(52)50(26-41(57)58)27-42(59)60/h18-21,35H,7-17,22-28H2,1-6H3,(H,53,54)(H,55,56)(H,57,58)(H,59,60)(H,61,62)(H,63,64)(H,65,66)/t35-/m1/s1. The molecule has 3 rings (SSSR count). The molecule has 2 aromatic carbocycles. The summed E-state index contributed by atoms with van der Waals surface area (Å²) in [5.74, 6) is -8.87. The fourth-order valence-corrected chi connectivity index (χ4v) is 10.1. The van der Waals surface area contributed by atoms with Gasteiger partial charge in [0.05, 0.1) is 26.0 Å². The molecule has 7 N–H and O–H groups in total. The van der Waals surface area contributed by atoms with Gasteiger partial charge >= 0.3 is 37.7 Å². The van der Waals surface area contributed by atoms with Gasteiger partial charge in [-0.3, -0.25) is 67.1 Å². The Morgan fingerprint density at radius 1 is 0.614 bits per heavy atom. The molecule has 1 aliphatic heterocycles. The molecule has 26 heteroatoms. The molecule has 1 aliphatic rings. The fourth-order valence-electron chi connectivity index (χ4n) is 8.22. The number of nitrogens with zero attached hydrogens (tertiary/aromatic N) is 6. The number of aliphatic carboxylic acids is 5. The van der Waals surface area contributed by atoms with Crippen molar-refractivity contribution in [1.29, 1.82) is 0 Å². The molecule has 0 aromatic heterocycles. The first-order valence-corrected chi connectivity index (χ1v) is 26.0. The van der Waals surface area contributed by atoms with E-state index in [0.717, 1.165) is 40.0 Å². The predicted octanol–water partition coefficient (Wildman–Crippen LogP) is 1.70. The van der Waals surface area contributed by atoms with Crippen LogP contribution in [0.4, 0.5) is 0 Å². The van der Waals surface area contributed by atoms with Crippen molar-refractivity contribution in [1.82, 2.24) is 29.4 Å². The summed E-state index contributed by atoms with van der Waals surface area (Å²) in [5, 5.41) is 48.1. The van der Waals surface area contributed by atoms with Gasteiger partial charge in [-0.1, -0.05) is 17.7 Å². The minimum Gasteiger partial charge on any atom is -0.480 e. The first-order valence-electron chi connectivity index (χ1n) is 22.3. The molecule has 0 aliphatic carbocycles. The molecule has 390 valence electrons. The Kier molecular flexibility index (Phi) is 22.6. The van der Waals surface area contributed by atoms with Crippen LogP contribution >= 0.6 is 15.2 Å². The van der Waals surface area contributed by atoms with Crippen molar-refractivity contribution >= 4 is 56.9 Å². The Bertz CT molecular complexity index is 2210. The molecule has 1 fully saturated rings. The van der Waals surface area contributed by atoms with Gasteiger partial charge in [-0.2, -0.15) is 0 Å². The summed E-state index contributed by atoms with van der Waals surface area (Å²) in [4.78, 5) is 114. The average Bonchev–Trinajstić information content (AvgIpc) is 3.20. The van der Waals surface area contributed by atoms with Gasteiger partial charge < -0.3 is 44.7 Å². The van der Waals surface area contributed by atoms with Crippen molar-refractivity contribution in [3.63, 3.8) is 0 Å². The molecule has 0 spiro atoms. The van der Waals surface area contributed by atoms with Crippen molar-refractivity contribution in [2.24, 2.45) is 0 Å². The summed E-state index contributed by atoms with van der Waals surface area (Å²) < 4.78 is 36.7. The Morgan fingerprint density at radius 3 is 1.46 bits per heavy atom. The Balaban J connectivity index is 1.91. The molecule has 24 nitrogen and oxygen atoms in total. The van der Waals surface area contributed by atoms with Crippen molar-refractivity contribution in [2.45, 2.75) is 53.5 Å². The molecule has 1 heterocycles. The van der Waals surface area contributed by atoms with E-state index in [4.69, 9.17) is 9.05 Å². The number of carbonyl (C=O) groups is 7. The summed E-state index contributed by atoms with van der Waals surface area (Å²) in [6.45, 7) is 4.95. The topological polar surface area (TPSA) is 333 Å². The highest BCUT2D eigenvalue weighted by molar-refractivity contribution is 7.57. The number of carboxylic acids is 5. The minimum absolute atomic E-state index is 0.00617. The normalized spacial score (nSPS) is 16.9. The van der Waals surface area contributed by atoms with Gasteiger partial charge in [-0.15, -0.1) is 0 Å². The van der Waals surface area contributed by atoms with Crippen molar-refractivity contribution in [3.8, 4) is 16.9 Å². The van der Waals surface area contributed by atoms with Crippen molar-refractivity contribution in [2.75, 3.05) is 111 Å². The number of benzene rings is 2. The van der Waals surface area contributed by atoms with Crippen molar-refractivity contribution < 1.29 is 87.1 Å². The first-order chi connectivity index (χ1) is 32.5. The second-order valence-electron chi connectivity index (χ2n) is 17.6. The predicted molar refractivity (Wildman–Crippen MR) is 253 cm³/mol.